The molecule has 5 nitrogen and oxygen atoms in total. The summed E-state index contributed by atoms with van der Waals surface area (Å²) in [5.41, 5.74) is -1.05. The molecule has 0 spiro atoms. The Morgan fingerprint density at radius 1 is 1.41 bits per heavy atom. The number of oxazole rings is 1. The number of carbonyl (C=O) groups excluding carboxylic acids is 1. The molecule has 1 heterocycles. The van der Waals surface area contributed by atoms with Crippen molar-refractivity contribution in [2.75, 3.05) is 6.61 Å². The van der Waals surface area contributed by atoms with Crippen LogP contribution in [0.1, 0.15) is 23.0 Å². The van der Waals surface area contributed by atoms with Gasteiger partial charge in [0.25, 0.3) is 0 Å². The second kappa shape index (κ2) is 6.27. The number of hydrogen-bond acceptors (Lipinski definition) is 5. The minimum Gasteiger partial charge on any atom is -0.460 e. The van der Waals surface area contributed by atoms with E-state index >= 15 is 0 Å². The third-order valence-electron chi connectivity index (χ3n) is 2.41. The molecular weight excluding hydrogens is 327 g/mol. The Hall–Kier alpha value is -2.22. The third-order valence-corrected chi connectivity index (χ3v) is 2.74. The van der Waals surface area contributed by atoms with Gasteiger partial charge < -0.3 is 13.9 Å². The van der Waals surface area contributed by atoms with Crippen molar-refractivity contribution in [3.63, 3.8) is 0 Å². The highest BCUT2D eigenvalue weighted by atomic mass is 35.5. The van der Waals surface area contributed by atoms with E-state index in [1.807, 2.05) is 0 Å². The van der Waals surface area contributed by atoms with Crippen LogP contribution in [0.4, 0.5) is 13.2 Å². The molecule has 2 rings (SSSR count). The number of hydrogen-bond donors (Lipinski definition) is 0. The first-order valence-electron chi connectivity index (χ1n) is 5.98. The van der Waals surface area contributed by atoms with Crippen molar-refractivity contribution in [2.24, 2.45) is 0 Å². The highest BCUT2D eigenvalue weighted by Gasteiger charge is 2.33. The molecule has 0 amide bonds. The van der Waals surface area contributed by atoms with Crippen molar-refractivity contribution in [1.82, 2.24) is 4.98 Å². The summed E-state index contributed by atoms with van der Waals surface area (Å²) in [6.45, 7) is 1.75. The van der Waals surface area contributed by atoms with E-state index in [0.29, 0.717) is 6.07 Å². The number of nitrogens with zero attached hydrogens (tertiary/aromatic N) is 1. The second-order valence-electron chi connectivity index (χ2n) is 3.95. The van der Waals surface area contributed by atoms with Gasteiger partial charge in [0.1, 0.15) is 5.75 Å². The zero-order valence-electron chi connectivity index (χ0n) is 11.1. The lowest BCUT2D eigenvalue weighted by atomic mass is 10.2. The molecule has 2 aromatic rings. The molecule has 0 aliphatic rings. The van der Waals surface area contributed by atoms with Gasteiger partial charge in [-0.3, -0.25) is 0 Å². The zero-order valence-corrected chi connectivity index (χ0v) is 11.9. The fraction of sp³-hybridized carbons (Fsp3) is 0.231. The molecule has 0 atom stereocenters. The fourth-order valence-corrected chi connectivity index (χ4v) is 1.71. The molecule has 0 saturated carbocycles. The first-order chi connectivity index (χ1) is 10.3. The summed E-state index contributed by atoms with van der Waals surface area (Å²) in [7, 11) is 0. The molecule has 9 heteroatoms. The lowest BCUT2D eigenvalue weighted by Crippen LogP contribution is -2.05. The van der Waals surface area contributed by atoms with E-state index in [1.165, 1.54) is 6.07 Å². The Morgan fingerprint density at radius 3 is 2.77 bits per heavy atom. The first kappa shape index (κ1) is 16.2. The maximum absolute atomic E-state index is 12.7. The van der Waals surface area contributed by atoms with Crippen molar-refractivity contribution >= 4 is 17.6 Å². The number of esters is 1. The zero-order chi connectivity index (χ0) is 16.3. The highest BCUT2D eigenvalue weighted by Crippen LogP contribution is 2.37. The fourth-order valence-electron chi connectivity index (χ4n) is 1.49. The summed E-state index contributed by atoms with van der Waals surface area (Å²) in [4.78, 5) is 15.0. The molecule has 22 heavy (non-hydrogen) atoms. The predicted molar refractivity (Wildman–Crippen MR) is 69.0 cm³/mol. The molecule has 0 saturated heterocycles. The number of aromatic nitrogens is 1. The molecule has 0 bridgehead atoms. The van der Waals surface area contributed by atoms with Crippen molar-refractivity contribution in [3.05, 3.63) is 40.7 Å². The van der Waals surface area contributed by atoms with Gasteiger partial charge in [-0.05, 0) is 25.1 Å². The van der Waals surface area contributed by atoms with Crippen LogP contribution in [0.15, 0.2) is 28.8 Å². The van der Waals surface area contributed by atoms with E-state index in [2.05, 4.69) is 9.72 Å². The summed E-state index contributed by atoms with van der Waals surface area (Å²) in [6, 6.07) is 2.96. The van der Waals surface area contributed by atoms with Gasteiger partial charge in [-0.2, -0.15) is 18.2 Å². The van der Waals surface area contributed by atoms with Gasteiger partial charge >= 0.3 is 18.2 Å². The first-order valence-corrected chi connectivity index (χ1v) is 6.36. The lowest BCUT2D eigenvalue weighted by Gasteiger charge is -2.10. The van der Waals surface area contributed by atoms with Crippen LogP contribution in [-0.4, -0.2) is 17.6 Å². The summed E-state index contributed by atoms with van der Waals surface area (Å²) < 4.78 is 52.8. The minimum atomic E-state index is -4.62. The average molecular weight is 336 g/mol. The monoisotopic (exact) mass is 335 g/mol. The van der Waals surface area contributed by atoms with Crippen LogP contribution in [0.25, 0.3) is 0 Å². The quantitative estimate of drug-likeness (QED) is 0.779. The maximum atomic E-state index is 12.7. The summed E-state index contributed by atoms with van der Waals surface area (Å²) in [6.07, 6.45) is -3.96. The Morgan fingerprint density at radius 2 is 2.14 bits per heavy atom. The minimum absolute atomic E-state index is 0.141. The van der Waals surface area contributed by atoms with Gasteiger partial charge in [-0.1, -0.05) is 11.6 Å². The summed E-state index contributed by atoms with van der Waals surface area (Å²) in [5.74, 6) is -1.16. The van der Waals surface area contributed by atoms with Gasteiger partial charge in [-0.15, -0.1) is 0 Å². The predicted octanol–water partition coefficient (Wildman–Crippen LogP) is 4.32. The van der Waals surface area contributed by atoms with Crippen molar-refractivity contribution in [3.8, 4) is 11.8 Å². The molecule has 1 aromatic heterocycles. The van der Waals surface area contributed by atoms with E-state index in [0.717, 1.165) is 12.3 Å². The van der Waals surface area contributed by atoms with Crippen molar-refractivity contribution in [2.45, 2.75) is 13.1 Å². The Labute approximate surface area is 127 Å². The van der Waals surface area contributed by atoms with E-state index < -0.39 is 28.8 Å². The molecule has 0 fully saturated rings. The van der Waals surface area contributed by atoms with Gasteiger partial charge in [0.15, 0.2) is 0 Å². The lowest BCUT2D eigenvalue weighted by molar-refractivity contribution is -0.137. The maximum Gasteiger partial charge on any atom is 0.417 e. The SMILES string of the molecule is CCOC(=O)c1cnc(Oc2ccc(Cl)c(C(F)(F)F)c2)o1. The summed E-state index contributed by atoms with van der Waals surface area (Å²) in [5, 5.41) is -0.459. The molecule has 1 aromatic carbocycles. The van der Waals surface area contributed by atoms with Crippen LogP contribution >= 0.6 is 11.6 Å². The molecule has 0 N–H and O–H groups in total. The molecular formula is C13H9ClF3NO4. The molecule has 0 aliphatic heterocycles. The van der Waals surface area contributed by atoms with E-state index in [1.54, 1.807) is 6.92 Å². The molecule has 0 radical (unpaired) electrons. The number of alkyl halides is 3. The van der Waals surface area contributed by atoms with Crippen LogP contribution in [0.2, 0.25) is 5.02 Å². The normalized spacial score (nSPS) is 11.3. The van der Waals surface area contributed by atoms with E-state index in [9.17, 15) is 18.0 Å². The Kier molecular flexibility index (Phi) is 4.60. The van der Waals surface area contributed by atoms with Gasteiger partial charge in [0, 0.05) is 0 Å². The van der Waals surface area contributed by atoms with Crippen LogP contribution < -0.4 is 4.74 Å². The number of carbonyl (C=O) groups is 1. The molecule has 0 unspecified atom stereocenters. The second-order valence-corrected chi connectivity index (χ2v) is 4.36. The number of ether oxygens (including phenoxy) is 2. The van der Waals surface area contributed by atoms with E-state index in [4.69, 9.17) is 20.8 Å². The highest BCUT2D eigenvalue weighted by molar-refractivity contribution is 6.31. The average Bonchev–Trinajstić information content (AvgIpc) is 2.88. The van der Waals surface area contributed by atoms with Gasteiger partial charge in [0.2, 0.25) is 5.76 Å². The van der Waals surface area contributed by atoms with Crippen LogP contribution in [0.3, 0.4) is 0 Å². The van der Waals surface area contributed by atoms with Crippen molar-refractivity contribution < 1.29 is 31.9 Å². The smallest absolute Gasteiger partial charge is 0.417 e. The Bertz CT molecular complexity index is 684. The van der Waals surface area contributed by atoms with Crippen LogP contribution in [0.5, 0.6) is 11.8 Å². The van der Waals surface area contributed by atoms with Crippen LogP contribution in [0, 0.1) is 0 Å². The topological polar surface area (TPSA) is 61.6 Å². The van der Waals surface area contributed by atoms with E-state index in [-0.39, 0.29) is 18.1 Å². The standard InChI is InChI=1S/C13H9ClF3NO4/c1-2-20-11(19)10-6-18-12(22-10)21-7-3-4-9(14)8(5-7)13(15,16)17/h3-6H,2H2,1H3. The van der Waals surface area contributed by atoms with Gasteiger partial charge in [0.05, 0.1) is 23.4 Å². The Balaban J connectivity index is 2.20. The van der Waals surface area contributed by atoms with Gasteiger partial charge in [-0.25, -0.2) is 4.79 Å². The number of halogens is 4. The van der Waals surface area contributed by atoms with Crippen LogP contribution in [-0.2, 0) is 10.9 Å². The third kappa shape index (κ3) is 3.70. The summed E-state index contributed by atoms with van der Waals surface area (Å²) >= 11 is 5.49. The number of rotatable bonds is 4. The molecule has 118 valence electrons. The van der Waals surface area contributed by atoms with Crippen molar-refractivity contribution in [1.29, 1.82) is 0 Å². The number of benzene rings is 1. The largest absolute Gasteiger partial charge is 0.460 e. The molecule has 0 aliphatic carbocycles.